The zero-order valence-electron chi connectivity index (χ0n) is 13.1. The first-order valence-electron chi connectivity index (χ1n) is 8.00. The second kappa shape index (κ2) is 5.92. The molecule has 0 fully saturated rings. The van der Waals surface area contributed by atoms with Crippen molar-refractivity contribution in [3.63, 3.8) is 0 Å². The quantitative estimate of drug-likeness (QED) is 0.715. The van der Waals surface area contributed by atoms with Gasteiger partial charge in [-0.15, -0.1) is 0 Å². The van der Waals surface area contributed by atoms with Gasteiger partial charge in [0.15, 0.2) is 0 Å². The van der Waals surface area contributed by atoms with Crippen molar-refractivity contribution in [1.29, 1.82) is 0 Å². The van der Waals surface area contributed by atoms with Gasteiger partial charge in [0.1, 0.15) is 6.54 Å². The topological polar surface area (TPSA) is 73.0 Å². The summed E-state index contributed by atoms with van der Waals surface area (Å²) >= 11 is 0. The molecule has 0 spiro atoms. The Morgan fingerprint density at radius 1 is 1.12 bits per heavy atom. The molecule has 2 aromatic heterocycles. The van der Waals surface area contributed by atoms with Crippen molar-refractivity contribution in [1.82, 2.24) is 19.1 Å². The van der Waals surface area contributed by atoms with Crippen LogP contribution in [0.1, 0.15) is 12.8 Å². The van der Waals surface area contributed by atoms with Crippen LogP contribution in [0.25, 0.3) is 10.9 Å². The highest BCUT2D eigenvalue weighted by Gasteiger charge is 2.23. The van der Waals surface area contributed by atoms with E-state index in [0.29, 0.717) is 23.4 Å². The van der Waals surface area contributed by atoms with Crippen molar-refractivity contribution in [2.75, 3.05) is 11.4 Å². The molecular formula is C17H17N5O2. The molecule has 1 amide bonds. The normalized spacial score (nSPS) is 14.4. The molecule has 3 heterocycles. The SMILES string of the molecule is O=C(Cn1cnc2ccccc2c1=O)N1CCCCn2ccnc21. The Morgan fingerprint density at radius 3 is 2.88 bits per heavy atom. The molecule has 7 nitrogen and oxygen atoms in total. The Bertz CT molecular complexity index is 959. The number of carbonyl (C=O) groups excluding carboxylic acids is 1. The number of imidazole rings is 1. The summed E-state index contributed by atoms with van der Waals surface area (Å²) in [4.78, 5) is 35.5. The van der Waals surface area contributed by atoms with Gasteiger partial charge < -0.3 is 4.57 Å². The van der Waals surface area contributed by atoms with Crippen LogP contribution in [-0.4, -0.2) is 31.6 Å². The highest BCUT2D eigenvalue weighted by Crippen LogP contribution is 2.18. The molecule has 0 N–H and O–H groups in total. The molecule has 1 aliphatic rings. The van der Waals surface area contributed by atoms with Crippen LogP contribution in [0.3, 0.4) is 0 Å². The monoisotopic (exact) mass is 323 g/mol. The van der Waals surface area contributed by atoms with Crippen molar-refractivity contribution in [3.05, 3.63) is 53.3 Å². The van der Waals surface area contributed by atoms with Gasteiger partial charge in [0.05, 0.1) is 17.2 Å². The third-order valence-electron chi connectivity index (χ3n) is 4.30. The minimum absolute atomic E-state index is 0.0382. The maximum atomic E-state index is 12.8. The molecular weight excluding hydrogens is 306 g/mol. The van der Waals surface area contributed by atoms with E-state index in [1.807, 2.05) is 16.8 Å². The van der Waals surface area contributed by atoms with Gasteiger partial charge in [0.25, 0.3) is 5.56 Å². The predicted molar refractivity (Wildman–Crippen MR) is 89.8 cm³/mol. The number of carbonyl (C=O) groups is 1. The number of fused-ring (bicyclic) bond motifs is 2. The van der Waals surface area contributed by atoms with Gasteiger partial charge in [-0.05, 0) is 25.0 Å². The van der Waals surface area contributed by atoms with E-state index in [-0.39, 0.29) is 18.0 Å². The number of benzene rings is 1. The van der Waals surface area contributed by atoms with E-state index in [0.717, 1.165) is 19.4 Å². The summed E-state index contributed by atoms with van der Waals surface area (Å²) in [5, 5.41) is 0.519. The molecule has 4 rings (SSSR count). The zero-order valence-corrected chi connectivity index (χ0v) is 13.1. The fraction of sp³-hybridized carbons (Fsp3) is 0.294. The number of aryl methyl sites for hydroxylation is 1. The van der Waals surface area contributed by atoms with E-state index in [1.165, 1.54) is 10.9 Å². The average Bonchev–Trinajstić information content (AvgIpc) is 2.97. The van der Waals surface area contributed by atoms with E-state index in [4.69, 9.17) is 0 Å². The molecule has 0 atom stereocenters. The maximum Gasteiger partial charge on any atom is 0.261 e. The molecule has 0 aliphatic carbocycles. The summed E-state index contributed by atoms with van der Waals surface area (Å²) in [6.07, 6.45) is 6.94. The van der Waals surface area contributed by atoms with Crippen LogP contribution in [0.4, 0.5) is 5.95 Å². The van der Waals surface area contributed by atoms with Gasteiger partial charge in [-0.2, -0.15) is 0 Å². The third-order valence-corrected chi connectivity index (χ3v) is 4.30. The first-order chi connectivity index (χ1) is 11.7. The van der Waals surface area contributed by atoms with Gasteiger partial charge in [-0.3, -0.25) is 19.1 Å². The Kier molecular flexibility index (Phi) is 3.60. The van der Waals surface area contributed by atoms with Gasteiger partial charge >= 0.3 is 0 Å². The molecule has 1 aliphatic heterocycles. The van der Waals surface area contributed by atoms with Gasteiger partial charge in [0, 0.05) is 25.5 Å². The number of para-hydroxylation sites is 1. The molecule has 24 heavy (non-hydrogen) atoms. The highest BCUT2D eigenvalue weighted by atomic mass is 16.2. The largest absolute Gasteiger partial charge is 0.317 e. The molecule has 122 valence electrons. The van der Waals surface area contributed by atoms with E-state index in [2.05, 4.69) is 9.97 Å². The van der Waals surface area contributed by atoms with Crippen LogP contribution in [0.2, 0.25) is 0 Å². The van der Waals surface area contributed by atoms with Crippen LogP contribution in [0.15, 0.2) is 47.8 Å². The lowest BCUT2D eigenvalue weighted by Gasteiger charge is -2.20. The van der Waals surface area contributed by atoms with Crippen molar-refractivity contribution in [2.45, 2.75) is 25.9 Å². The standard InChI is InChI=1S/C17H17N5O2/c23-15(22-9-4-3-8-20-10-7-18-17(20)22)11-21-12-19-14-6-2-1-5-13(14)16(21)24/h1-2,5-7,10,12H,3-4,8-9,11H2. The Morgan fingerprint density at radius 2 is 1.96 bits per heavy atom. The van der Waals surface area contributed by atoms with E-state index >= 15 is 0 Å². The summed E-state index contributed by atoms with van der Waals surface area (Å²) in [7, 11) is 0. The number of aromatic nitrogens is 4. The minimum atomic E-state index is -0.202. The van der Waals surface area contributed by atoms with E-state index in [1.54, 1.807) is 29.3 Å². The summed E-state index contributed by atoms with van der Waals surface area (Å²) in [6.45, 7) is 1.44. The third kappa shape index (κ3) is 2.47. The van der Waals surface area contributed by atoms with Crippen molar-refractivity contribution < 1.29 is 4.79 Å². The van der Waals surface area contributed by atoms with Gasteiger partial charge in [-0.25, -0.2) is 9.97 Å². The van der Waals surface area contributed by atoms with Crippen molar-refractivity contribution in [2.24, 2.45) is 0 Å². The lowest BCUT2D eigenvalue weighted by Crippen LogP contribution is -2.38. The molecule has 0 saturated carbocycles. The fourth-order valence-corrected chi connectivity index (χ4v) is 3.06. The lowest BCUT2D eigenvalue weighted by atomic mass is 10.2. The smallest absolute Gasteiger partial charge is 0.261 e. The molecule has 0 radical (unpaired) electrons. The van der Waals surface area contributed by atoms with Crippen LogP contribution in [0, 0.1) is 0 Å². The predicted octanol–water partition coefficient (Wildman–Crippen LogP) is 1.42. The summed E-state index contributed by atoms with van der Waals surface area (Å²) in [6, 6.07) is 7.14. The van der Waals surface area contributed by atoms with Gasteiger partial charge in [0.2, 0.25) is 11.9 Å². The fourth-order valence-electron chi connectivity index (χ4n) is 3.06. The summed E-state index contributed by atoms with van der Waals surface area (Å²) in [5.74, 6) is 0.503. The first-order valence-corrected chi connectivity index (χ1v) is 8.00. The van der Waals surface area contributed by atoms with Crippen molar-refractivity contribution in [3.8, 4) is 0 Å². The zero-order chi connectivity index (χ0) is 16.5. The summed E-state index contributed by atoms with van der Waals surface area (Å²) in [5.41, 5.74) is 0.434. The number of nitrogens with zero attached hydrogens (tertiary/aromatic N) is 5. The van der Waals surface area contributed by atoms with Crippen LogP contribution < -0.4 is 10.5 Å². The van der Waals surface area contributed by atoms with Gasteiger partial charge in [-0.1, -0.05) is 12.1 Å². The summed E-state index contributed by atoms with van der Waals surface area (Å²) < 4.78 is 3.34. The minimum Gasteiger partial charge on any atom is -0.317 e. The Balaban J connectivity index is 1.65. The molecule has 0 bridgehead atoms. The van der Waals surface area contributed by atoms with Crippen LogP contribution in [-0.2, 0) is 17.9 Å². The van der Waals surface area contributed by atoms with E-state index < -0.39 is 0 Å². The molecule has 7 heteroatoms. The number of hydrogen-bond donors (Lipinski definition) is 0. The van der Waals surface area contributed by atoms with E-state index in [9.17, 15) is 9.59 Å². The second-order valence-corrected chi connectivity index (χ2v) is 5.87. The number of anilines is 1. The Labute approximate surface area is 138 Å². The number of rotatable bonds is 2. The number of hydrogen-bond acceptors (Lipinski definition) is 4. The molecule has 3 aromatic rings. The first kappa shape index (κ1) is 14.6. The average molecular weight is 323 g/mol. The molecule has 0 saturated heterocycles. The van der Waals surface area contributed by atoms with Crippen molar-refractivity contribution >= 4 is 22.8 Å². The van der Waals surface area contributed by atoms with Crippen LogP contribution in [0.5, 0.6) is 0 Å². The highest BCUT2D eigenvalue weighted by molar-refractivity contribution is 5.91. The molecule has 0 unspecified atom stereocenters. The Hall–Kier alpha value is -2.96. The lowest BCUT2D eigenvalue weighted by molar-refractivity contribution is -0.119. The maximum absolute atomic E-state index is 12.8. The van der Waals surface area contributed by atoms with Crippen LogP contribution >= 0.6 is 0 Å². The molecule has 1 aromatic carbocycles. The second-order valence-electron chi connectivity index (χ2n) is 5.87. The number of amides is 1.